The molecule has 0 saturated carbocycles. The minimum absolute atomic E-state index is 0.452. The normalized spacial score (nSPS) is 11.7. The Hall–Kier alpha value is -5.23. The lowest BCUT2D eigenvalue weighted by atomic mass is 10.2. The van der Waals surface area contributed by atoms with Crippen LogP contribution in [0.2, 0.25) is 0 Å². The van der Waals surface area contributed by atoms with Crippen molar-refractivity contribution in [2.45, 2.75) is 37.8 Å². The number of nitrogens with zero attached hydrogens (tertiary/aromatic N) is 7. The molecule has 0 aliphatic heterocycles. The van der Waals surface area contributed by atoms with Crippen molar-refractivity contribution in [3.05, 3.63) is 60.7 Å². The summed E-state index contributed by atoms with van der Waals surface area (Å²) in [6, 6.07) is 0. The van der Waals surface area contributed by atoms with Crippen LogP contribution < -0.4 is 0 Å². The van der Waals surface area contributed by atoms with Gasteiger partial charge in [-0.15, -0.1) is 0 Å². The van der Waals surface area contributed by atoms with Crippen LogP contribution in [0.1, 0.15) is 20.8 Å². The van der Waals surface area contributed by atoms with Crippen molar-refractivity contribution in [1.29, 1.82) is 0 Å². The molecule has 0 spiro atoms. The number of esters is 3. The van der Waals surface area contributed by atoms with E-state index in [1.165, 1.54) is 0 Å². The molecule has 0 aliphatic carbocycles. The Morgan fingerprint density at radius 2 is 0.675 bits per heavy atom. The fourth-order valence-electron chi connectivity index (χ4n) is 2.02. The first-order valence-electron chi connectivity index (χ1n) is 10.2. The molecule has 0 aliphatic rings. The molecular formula is C15H21N7O18. The summed E-state index contributed by atoms with van der Waals surface area (Å²) >= 11 is 0. The lowest BCUT2D eigenvalue weighted by molar-refractivity contribution is -0.793. The molecule has 0 amide bonds. The maximum atomic E-state index is 12.1. The van der Waals surface area contributed by atoms with Gasteiger partial charge < -0.3 is 14.2 Å². The average Bonchev–Trinajstić information content (AvgIpc) is 2.83. The smallest absolute Gasteiger partial charge is 0.449 e. The Bertz CT molecular complexity index is 916. The predicted octanol–water partition coefficient (Wildman–Crippen LogP) is -2.27. The van der Waals surface area contributed by atoms with Gasteiger partial charge in [0.1, 0.15) is 29.5 Å². The molecule has 224 valence electrons. The molecule has 0 bridgehead atoms. The molecule has 25 nitrogen and oxygen atoms in total. The zero-order chi connectivity index (χ0) is 31.6. The standard InChI is InChI=1S/C15H21N7O18/c1-13(17(26)27,18(28)29)7-38-10(23)4-16(5-11(24)39-8-14(2,19(30)31)20(32)33)6-12(25)40-9-15(3,21(34)35)22(36)37/h4-9H2,1-3H3. The summed E-state index contributed by atoms with van der Waals surface area (Å²) in [5, 5.41) is 65.6. The fourth-order valence-corrected chi connectivity index (χ4v) is 2.02. The zero-order valence-electron chi connectivity index (χ0n) is 20.7. The second kappa shape index (κ2) is 13.5. The molecule has 0 N–H and O–H groups in total. The van der Waals surface area contributed by atoms with E-state index in [1.54, 1.807) is 0 Å². The quantitative estimate of drug-likeness (QED) is 0.0535. The molecule has 0 aromatic heterocycles. The van der Waals surface area contributed by atoms with E-state index in [1.807, 2.05) is 0 Å². The minimum Gasteiger partial charge on any atom is -0.449 e. The van der Waals surface area contributed by atoms with Gasteiger partial charge in [0.05, 0.1) is 40.4 Å². The van der Waals surface area contributed by atoms with Gasteiger partial charge in [0.15, 0.2) is 0 Å². The van der Waals surface area contributed by atoms with Crippen LogP contribution in [0, 0.1) is 60.7 Å². The van der Waals surface area contributed by atoms with Crippen LogP contribution in [0.15, 0.2) is 0 Å². The highest BCUT2D eigenvalue weighted by atomic mass is 16.7. The van der Waals surface area contributed by atoms with E-state index in [0.29, 0.717) is 25.7 Å². The maximum absolute atomic E-state index is 12.1. The summed E-state index contributed by atoms with van der Waals surface area (Å²) in [6.07, 6.45) is 0. The highest BCUT2D eigenvalue weighted by Crippen LogP contribution is 2.13. The number of carbonyl (C=O) groups excluding carboxylic acids is 3. The Balaban J connectivity index is 5.67. The van der Waals surface area contributed by atoms with E-state index < -0.39 is 104 Å². The van der Waals surface area contributed by atoms with E-state index in [4.69, 9.17) is 0 Å². The Labute approximate surface area is 219 Å². The molecule has 0 fully saturated rings. The van der Waals surface area contributed by atoms with Crippen molar-refractivity contribution in [2.75, 3.05) is 39.5 Å². The third-order valence-corrected chi connectivity index (χ3v) is 4.94. The van der Waals surface area contributed by atoms with Gasteiger partial charge >= 0.3 is 34.9 Å². The summed E-state index contributed by atoms with van der Waals surface area (Å²) in [5.41, 5.74) is -8.99. The van der Waals surface area contributed by atoms with Crippen LogP contribution in [0.3, 0.4) is 0 Å². The second-order valence-corrected chi connectivity index (χ2v) is 8.32. The molecule has 25 heteroatoms. The summed E-state index contributed by atoms with van der Waals surface area (Å²) in [4.78, 5) is 94.2. The molecule has 0 radical (unpaired) electrons. The van der Waals surface area contributed by atoms with Gasteiger partial charge in [-0.3, -0.25) is 80.0 Å². The minimum atomic E-state index is -3.00. The highest BCUT2D eigenvalue weighted by molar-refractivity contribution is 5.78. The third-order valence-electron chi connectivity index (χ3n) is 4.94. The Kier molecular flexibility index (Phi) is 11.8. The summed E-state index contributed by atoms with van der Waals surface area (Å²) in [5.74, 6) is -4.55. The number of hydrogen-bond donors (Lipinski definition) is 0. The topological polar surface area (TPSA) is 341 Å². The van der Waals surface area contributed by atoms with E-state index in [0.717, 1.165) is 0 Å². The van der Waals surface area contributed by atoms with Gasteiger partial charge in [0.2, 0.25) is 19.8 Å². The summed E-state index contributed by atoms with van der Waals surface area (Å²) in [7, 11) is 0. The average molecular weight is 587 g/mol. The van der Waals surface area contributed by atoms with Gasteiger partial charge in [-0.2, -0.15) is 0 Å². The van der Waals surface area contributed by atoms with E-state index in [9.17, 15) is 75.1 Å². The molecule has 0 rings (SSSR count). The van der Waals surface area contributed by atoms with Crippen LogP contribution in [0.25, 0.3) is 0 Å². The predicted molar refractivity (Wildman–Crippen MR) is 116 cm³/mol. The van der Waals surface area contributed by atoms with E-state index >= 15 is 0 Å². The molecule has 40 heavy (non-hydrogen) atoms. The number of hydrogen-bond acceptors (Lipinski definition) is 19. The number of ether oxygens (including phenoxy) is 3. The number of carbonyl (C=O) groups is 3. The van der Waals surface area contributed by atoms with Crippen molar-refractivity contribution < 1.29 is 58.1 Å². The van der Waals surface area contributed by atoms with Crippen LogP contribution >= 0.6 is 0 Å². The molecule has 0 aromatic rings. The third kappa shape index (κ3) is 8.96. The first-order chi connectivity index (χ1) is 18.1. The van der Waals surface area contributed by atoms with Gasteiger partial charge in [-0.25, -0.2) is 0 Å². The van der Waals surface area contributed by atoms with Gasteiger partial charge in [-0.1, -0.05) is 0 Å². The van der Waals surface area contributed by atoms with E-state index in [2.05, 4.69) is 14.2 Å². The van der Waals surface area contributed by atoms with E-state index in [-0.39, 0.29) is 0 Å². The largest absolute Gasteiger partial charge is 0.488 e. The van der Waals surface area contributed by atoms with Crippen molar-refractivity contribution in [1.82, 2.24) is 4.90 Å². The van der Waals surface area contributed by atoms with Crippen molar-refractivity contribution in [2.24, 2.45) is 0 Å². The van der Waals surface area contributed by atoms with Gasteiger partial charge in [0.25, 0.3) is 0 Å². The van der Waals surface area contributed by atoms with Crippen LogP contribution in [0.4, 0.5) is 0 Å². The zero-order valence-corrected chi connectivity index (χ0v) is 20.7. The first-order valence-corrected chi connectivity index (χ1v) is 10.2. The summed E-state index contributed by atoms with van der Waals surface area (Å²) < 4.78 is 13.4. The summed E-state index contributed by atoms with van der Waals surface area (Å²) in [6.45, 7) is -6.34. The van der Waals surface area contributed by atoms with Crippen molar-refractivity contribution in [3.63, 3.8) is 0 Å². The van der Waals surface area contributed by atoms with Crippen molar-refractivity contribution >= 4 is 17.9 Å². The lowest BCUT2D eigenvalue weighted by Crippen LogP contribution is -2.50. The fraction of sp³-hybridized carbons (Fsp3) is 0.800. The van der Waals surface area contributed by atoms with Crippen molar-refractivity contribution in [3.8, 4) is 0 Å². The van der Waals surface area contributed by atoms with Crippen LogP contribution in [0.5, 0.6) is 0 Å². The SMILES string of the molecule is CC(COC(=O)CN(CC(=O)OCC(C)([N+](=O)[O-])[N+](=O)[O-])CC(=O)OCC(C)([N+](=O)[O-])[N+](=O)[O-])([N+](=O)[O-])[N+](=O)[O-]. The lowest BCUT2D eigenvalue weighted by Gasteiger charge is -2.21. The van der Waals surface area contributed by atoms with Gasteiger partial charge in [-0.05, 0) is 0 Å². The first kappa shape index (κ1) is 34.8. The Morgan fingerprint density at radius 3 is 0.825 bits per heavy atom. The second-order valence-electron chi connectivity index (χ2n) is 8.32. The molecule has 0 unspecified atom stereocenters. The van der Waals surface area contributed by atoms with Crippen LogP contribution in [-0.2, 0) is 28.6 Å². The Morgan fingerprint density at radius 1 is 0.500 bits per heavy atom. The monoisotopic (exact) mass is 587 g/mol. The number of rotatable bonds is 18. The van der Waals surface area contributed by atoms with Gasteiger partial charge in [0, 0.05) is 0 Å². The highest BCUT2D eigenvalue weighted by Gasteiger charge is 2.54. The molecular weight excluding hydrogens is 566 g/mol. The molecule has 0 aromatic carbocycles. The number of nitro groups is 6. The van der Waals surface area contributed by atoms with Crippen LogP contribution in [-0.4, -0.2) is 109 Å². The maximum Gasteiger partial charge on any atom is 0.488 e. The molecule has 0 atom stereocenters. The molecule has 0 heterocycles. The molecule has 0 saturated heterocycles.